The van der Waals surface area contributed by atoms with Crippen molar-refractivity contribution in [2.75, 3.05) is 13.6 Å². The van der Waals surface area contributed by atoms with Gasteiger partial charge in [0.05, 0.1) is 0 Å². The summed E-state index contributed by atoms with van der Waals surface area (Å²) in [5, 5.41) is 2.85. The van der Waals surface area contributed by atoms with Crippen LogP contribution in [0.4, 0.5) is 0 Å². The van der Waals surface area contributed by atoms with E-state index in [0.29, 0.717) is 29.5 Å². The van der Waals surface area contributed by atoms with Crippen LogP contribution in [0.2, 0.25) is 0 Å². The quantitative estimate of drug-likeness (QED) is 0.897. The summed E-state index contributed by atoms with van der Waals surface area (Å²) in [6.45, 7) is 2.50. The molecule has 0 unspecified atom stereocenters. The Hall–Kier alpha value is -3.09. The third kappa shape index (κ3) is 3.26. The molecule has 0 spiro atoms. The summed E-state index contributed by atoms with van der Waals surface area (Å²) in [5.74, 6) is 3.04. The number of amides is 1. The summed E-state index contributed by atoms with van der Waals surface area (Å²) >= 11 is 0. The Labute approximate surface area is 144 Å². The second kappa shape index (κ2) is 6.43. The first-order chi connectivity index (χ1) is 12.2. The van der Waals surface area contributed by atoms with Crippen molar-refractivity contribution in [3.8, 4) is 28.7 Å². The molecule has 0 aliphatic carbocycles. The van der Waals surface area contributed by atoms with E-state index in [9.17, 15) is 4.79 Å². The molecule has 7 nitrogen and oxygen atoms in total. The van der Waals surface area contributed by atoms with Crippen LogP contribution in [0.25, 0.3) is 0 Å². The standard InChI is InChI=1S/C18H17NO6/c1-11(25-13-3-5-15-17(7-13)24-10-22-15)18(20)19-8-12-2-4-14-16(6-12)23-9-21-14/h2-7,11H,8-10H2,1H3,(H,19,20)/t11-/m0/s1. The Morgan fingerprint density at radius 1 is 1.00 bits per heavy atom. The Kier molecular flexibility index (Phi) is 3.97. The van der Waals surface area contributed by atoms with E-state index in [2.05, 4.69) is 5.32 Å². The molecule has 2 aromatic rings. The van der Waals surface area contributed by atoms with Gasteiger partial charge in [-0.15, -0.1) is 0 Å². The smallest absolute Gasteiger partial charge is 0.261 e. The molecule has 7 heteroatoms. The van der Waals surface area contributed by atoms with Crippen molar-refractivity contribution in [3.63, 3.8) is 0 Å². The zero-order chi connectivity index (χ0) is 17.2. The van der Waals surface area contributed by atoms with Crippen LogP contribution in [0.1, 0.15) is 12.5 Å². The van der Waals surface area contributed by atoms with Gasteiger partial charge in [-0.2, -0.15) is 0 Å². The van der Waals surface area contributed by atoms with Gasteiger partial charge in [0.15, 0.2) is 29.1 Å². The summed E-state index contributed by atoms with van der Waals surface area (Å²) < 4.78 is 26.8. The van der Waals surface area contributed by atoms with Crippen molar-refractivity contribution in [3.05, 3.63) is 42.0 Å². The van der Waals surface area contributed by atoms with Crippen LogP contribution in [0.15, 0.2) is 36.4 Å². The van der Waals surface area contributed by atoms with E-state index in [0.717, 1.165) is 11.3 Å². The number of carbonyl (C=O) groups is 1. The highest BCUT2D eigenvalue weighted by Gasteiger charge is 2.19. The molecule has 0 radical (unpaired) electrons. The molecule has 0 aromatic heterocycles. The topological polar surface area (TPSA) is 75.3 Å². The lowest BCUT2D eigenvalue weighted by molar-refractivity contribution is -0.127. The average molecular weight is 343 g/mol. The normalized spacial score (nSPS) is 14.9. The van der Waals surface area contributed by atoms with Gasteiger partial charge in [-0.25, -0.2) is 0 Å². The molecule has 0 saturated heterocycles. The minimum absolute atomic E-state index is 0.199. The van der Waals surface area contributed by atoms with Gasteiger partial charge in [0.1, 0.15) is 5.75 Å². The number of hydrogen-bond donors (Lipinski definition) is 1. The molecule has 2 heterocycles. The van der Waals surface area contributed by atoms with Crippen molar-refractivity contribution in [2.45, 2.75) is 19.6 Å². The third-order valence-corrected chi connectivity index (χ3v) is 3.93. The first kappa shape index (κ1) is 15.4. The number of benzene rings is 2. The molecule has 1 atom stereocenters. The molecule has 2 aliphatic heterocycles. The average Bonchev–Trinajstić information content (AvgIpc) is 3.27. The highest BCUT2D eigenvalue weighted by Crippen LogP contribution is 2.35. The van der Waals surface area contributed by atoms with E-state index < -0.39 is 6.10 Å². The predicted molar refractivity (Wildman–Crippen MR) is 87.1 cm³/mol. The highest BCUT2D eigenvalue weighted by molar-refractivity contribution is 5.80. The van der Waals surface area contributed by atoms with Gasteiger partial charge in [0.25, 0.3) is 5.91 Å². The van der Waals surface area contributed by atoms with Crippen LogP contribution in [0.3, 0.4) is 0 Å². The predicted octanol–water partition coefficient (Wildman–Crippen LogP) is 2.23. The molecule has 0 bridgehead atoms. The lowest BCUT2D eigenvalue weighted by atomic mass is 10.2. The Bertz CT molecular complexity index is 806. The van der Waals surface area contributed by atoms with Crippen LogP contribution in [0, 0.1) is 0 Å². The maximum atomic E-state index is 12.2. The summed E-state index contributed by atoms with van der Waals surface area (Å²) in [7, 11) is 0. The summed E-state index contributed by atoms with van der Waals surface area (Å²) in [6.07, 6.45) is -0.644. The number of rotatable bonds is 5. The Morgan fingerprint density at radius 2 is 1.64 bits per heavy atom. The highest BCUT2D eigenvalue weighted by atomic mass is 16.7. The van der Waals surface area contributed by atoms with Crippen molar-refractivity contribution < 1.29 is 28.5 Å². The van der Waals surface area contributed by atoms with Gasteiger partial charge in [-0.05, 0) is 36.8 Å². The fourth-order valence-electron chi connectivity index (χ4n) is 2.59. The van der Waals surface area contributed by atoms with Crippen LogP contribution in [-0.4, -0.2) is 25.6 Å². The van der Waals surface area contributed by atoms with Gasteiger partial charge in [0.2, 0.25) is 13.6 Å². The van der Waals surface area contributed by atoms with E-state index in [1.807, 2.05) is 18.2 Å². The van der Waals surface area contributed by atoms with Gasteiger partial charge < -0.3 is 29.0 Å². The fraction of sp³-hybridized carbons (Fsp3) is 0.278. The van der Waals surface area contributed by atoms with Crippen molar-refractivity contribution in [1.82, 2.24) is 5.32 Å². The van der Waals surface area contributed by atoms with Gasteiger partial charge in [0, 0.05) is 12.6 Å². The first-order valence-corrected chi connectivity index (χ1v) is 7.91. The van der Waals surface area contributed by atoms with Crippen LogP contribution < -0.4 is 29.0 Å². The number of carbonyl (C=O) groups excluding carboxylic acids is 1. The maximum absolute atomic E-state index is 12.2. The number of nitrogens with one attached hydrogen (secondary N) is 1. The lowest BCUT2D eigenvalue weighted by Crippen LogP contribution is -2.35. The monoisotopic (exact) mass is 343 g/mol. The molecule has 0 fully saturated rings. The van der Waals surface area contributed by atoms with Crippen molar-refractivity contribution in [2.24, 2.45) is 0 Å². The number of fused-ring (bicyclic) bond motifs is 2. The SMILES string of the molecule is C[C@H](Oc1ccc2c(c1)OCO2)C(=O)NCc1ccc2c(c1)OCO2. The molecule has 0 saturated carbocycles. The largest absolute Gasteiger partial charge is 0.481 e. The van der Waals surface area contributed by atoms with Crippen molar-refractivity contribution >= 4 is 5.91 Å². The maximum Gasteiger partial charge on any atom is 0.261 e. The summed E-state index contributed by atoms with van der Waals surface area (Å²) in [6, 6.07) is 10.8. The van der Waals surface area contributed by atoms with E-state index in [1.165, 1.54) is 0 Å². The zero-order valence-electron chi connectivity index (χ0n) is 13.6. The second-order valence-corrected chi connectivity index (χ2v) is 5.68. The molecule has 1 amide bonds. The minimum Gasteiger partial charge on any atom is -0.481 e. The molecule has 130 valence electrons. The summed E-state index contributed by atoms with van der Waals surface area (Å²) in [5.41, 5.74) is 0.924. The van der Waals surface area contributed by atoms with Crippen LogP contribution >= 0.6 is 0 Å². The molecule has 2 aliphatic rings. The molecule has 1 N–H and O–H groups in total. The van der Waals surface area contributed by atoms with Crippen molar-refractivity contribution in [1.29, 1.82) is 0 Å². The van der Waals surface area contributed by atoms with Crippen LogP contribution in [-0.2, 0) is 11.3 Å². The molecular weight excluding hydrogens is 326 g/mol. The van der Waals surface area contributed by atoms with Gasteiger partial charge >= 0.3 is 0 Å². The molecule has 4 rings (SSSR count). The number of ether oxygens (including phenoxy) is 5. The van der Waals surface area contributed by atoms with E-state index >= 15 is 0 Å². The fourth-order valence-corrected chi connectivity index (χ4v) is 2.59. The van der Waals surface area contributed by atoms with E-state index in [-0.39, 0.29) is 19.5 Å². The Morgan fingerprint density at radius 3 is 2.40 bits per heavy atom. The summed E-state index contributed by atoms with van der Waals surface area (Å²) in [4.78, 5) is 12.2. The second-order valence-electron chi connectivity index (χ2n) is 5.68. The van der Waals surface area contributed by atoms with E-state index in [1.54, 1.807) is 25.1 Å². The Balaban J connectivity index is 1.33. The minimum atomic E-state index is -0.644. The molecule has 2 aromatic carbocycles. The lowest BCUT2D eigenvalue weighted by Gasteiger charge is -2.15. The first-order valence-electron chi connectivity index (χ1n) is 7.91. The molecule has 25 heavy (non-hydrogen) atoms. The van der Waals surface area contributed by atoms with Crippen LogP contribution in [0.5, 0.6) is 28.7 Å². The van der Waals surface area contributed by atoms with Gasteiger partial charge in [-0.3, -0.25) is 4.79 Å². The zero-order valence-corrected chi connectivity index (χ0v) is 13.6. The van der Waals surface area contributed by atoms with E-state index in [4.69, 9.17) is 23.7 Å². The van der Waals surface area contributed by atoms with Gasteiger partial charge in [-0.1, -0.05) is 6.07 Å². The third-order valence-electron chi connectivity index (χ3n) is 3.93. The number of hydrogen-bond acceptors (Lipinski definition) is 6. The molecular formula is C18H17NO6.